The van der Waals surface area contributed by atoms with Crippen molar-refractivity contribution >= 4 is 22.8 Å². The minimum atomic E-state index is -4.44. The molecule has 3 aromatic heterocycles. The van der Waals surface area contributed by atoms with E-state index in [0.717, 1.165) is 31.2 Å². The standard InChI is InChI=1S/C26H23F3N6O2/c1-2-22(36)35-13-3-4-18(15-35)32-25-23-21(10-12-31-24(23)33-34-25)37-19-7-5-16(6-8-19)20-14-17(9-11-30-20)26(27,28)29/h2,5-12,14,18H,1,3-4,13,15H2,(H2,31,32,33,34)/t18-/m1/s1. The van der Waals surface area contributed by atoms with E-state index in [1.807, 2.05) is 0 Å². The normalized spacial score (nSPS) is 16.0. The Morgan fingerprint density at radius 3 is 2.70 bits per heavy atom. The summed E-state index contributed by atoms with van der Waals surface area (Å²) in [5, 5.41) is 11.3. The van der Waals surface area contributed by atoms with E-state index in [4.69, 9.17) is 4.74 Å². The number of likely N-dealkylation sites (tertiary alicyclic amines) is 1. The van der Waals surface area contributed by atoms with Crippen LogP contribution in [-0.2, 0) is 11.0 Å². The second-order valence-electron chi connectivity index (χ2n) is 8.63. The van der Waals surface area contributed by atoms with Crippen molar-refractivity contribution in [3.8, 4) is 22.8 Å². The first kappa shape index (κ1) is 24.3. The number of aromatic nitrogens is 4. The molecule has 0 unspecified atom stereocenters. The number of nitrogens with one attached hydrogen (secondary N) is 2. The van der Waals surface area contributed by atoms with Crippen LogP contribution >= 0.6 is 0 Å². The number of carbonyl (C=O) groups is 1. The van der Waals surface area contributed by atoms with E-state index in [-0.39, 0.29) is 17.6 Å². The van der Waals surface area contributed by atoms with Crippen LogP contribution < -0.4 is 10.1 Å². The number of benzene rings is 1. The second kappa shape index (κ2) is 9.92. The van der Waals surface area contributed by atoms with Gasteiger partial charge in [0.1, 0.15) is 16.9 Å². The summed E-state index contributed by atoms with van der Waals surface area (Å²) in [6.07, 6.45) is 1.33. The van der Waals surface area contributed by atoms with Gasteiger partial charge in [-0.3, -0.25) is 14.9 Å². The number of alkyl halides is 3. The van der Waals surface area contributed by atoms with Gasteiger partial charge in [0.05, 0.1) is 11.3 Å². The number of nitrogens with zero attached hydrogens (tertiary/aromatic N) is 4. The molecule has 190 valence electrons. The smallest absolute Gasteiger partial charge is 0.416 e. The van der Waals surface area contributed by atoms with E-state index in [1.165, 1.54) is 6.08 Å². The molecule has 4 aromatic rings. The number of hydrogen-bond donors (Lipinski definition) is 2. The molecular weight excluding hydrogens is 485 g/mol. The van der Waals surface area contributed by atoms with Crippen molar-refractivity contribution in [2.24, 2.45) is 0 Å². The predicted molar refractivity (Wildman–Crippen MR) is 132 cm³/mol. The van der Waals surface area contributed by atoms with Crippen LogP contribution in [0.5, 0.6) is 11.5 Å². The van der Waals surface area contributed by atoms with Gasteiger partial charge in [-0.15, -0.1) is 0 Å². The molecule has 0 aliphatic carbocycles. The van der Waals surface area contributed by atoms with Crippen molar-refractivity contribution < 1.29 is 22.7 Å². The quantitative estimate of drug-likeness (QED) is 0.338. The van der Waals surface area contributed by atoms with E-state index in [9.17, 15) is 18.0 Å². The molecule has 37 heavy (non-hydrogen) atoms. The monoisotopic (exact) mass is 508 g/mol. The molecule has 2 N–H and O–H groups in total. The lowest BCUT2D eigenvalue weighted by atomic mass is 10.1. The minimum Gasteiger partial charge on any atom is -0.456 e. The molecule has 8 nitrogen and oxygen atoms in total. The maximum atomic E-state index is 13.1. The molecule has 1 aromatic carbocycles. The van der Waals surface area contributed by atoms with Crippen LogP contribution in [0, 0.1) is 0 Å². The number of amides is 1. The van der Waals surface area contributed by atoms with Gasteiger partial charge in [-0.1, -0.05) is 6.58 Å². The summed E-state index contributed by atoms with van der Waals surface area (Å²) in [4.78, 5) is 22.2. The van der Waals surface area contributed by atoms with Crippen LogP contribution in [0.15, 0.2) is 67.5 Å². The molecule has 1 aliphatic heterocycles. The third-order valence-electron chi connectivity index (χ3n) is 6.14. The number of piperidine rings is 1. The van der Waals surface area contributed by atoms with Gasteiger partial charge in [-0.25, -0.2) is 4.98 Å². The Kier molecular flexibility index (Phi) is 6.51. The SMILES string of the molecule is C=CC(=O)N1CCC[C@@H](Nc2n[nH]c3nccc(Oc4ccc(-c5cc(C(F)(F)F)ccn5)cc4)c23)C1. The van der Waals surface area contributed by atoms with Crippen molar-refractivity contribution in [2.45, 2.75) is 25.1 Å². The number of hydrogen-bond acceptors (Lipinski definition) is 6. The molecule has 4 heterocycles. The zero-order chi connectivity index (χ0) is 26.0. The molecule has 11 heteroatoms. The zero-order valence-electron chi connectivity index (χ0n) is 19.6. The van der Waals surface area contributed by atoms with Gasteiger partial charge in [0.2, 0.25) is 5.91 Å². The molecule has 1 amide bonds. The number of H-pyrrole nitrogens is 1. The Balaban J connectivity index is 1.36. The van der Waals surface area contributed by atoms with Gasteiger partial charge < -0.3 is 15.0 Å². The molecular formula is C26H23F3N6O2. The van der Waals surface area contributed by atoms with E-state index in [0.29, 0.717) is 47.0 Å². The Morgan fingerprint density at radius 1 is 1.16 bits per heavy atom. The lowest BCUT2D eigenvalue weighted by molar-refractivity contribution is -0.137. The fraction of sp³-hybridized carbons (Fsp3) is 0.231. The maximum Gasteiger partial charge on any atom is 0.416 e. The van der Waals surface area contributed by atoms with Crippen LogP contribution in [0.4, 0.5) is 19.0 Å². The number of halogens is 3. The largest absolute Gasteiger partial charge is 0.456 e. The third-order valence-corrected chi connectivity index (χ3v) is 6.14. The summed E-state index contributed by atoms with van der Waals surface area (Å²) >= 11 is 0. The minimum absolute atomic E-state index is 0.00329. The first-order valence-corrected chi connectivity index (χ1v) is 11.6. The van der Waals surface area contributed by atoms with Crippen molar-refractivity contribution in [3.63, 3.8) is 0 Å². The van der Waals surface area contributed by atoms with Crippen molar-refractivity contribution in [2.75, 3.05) is 18.4 Å². The second-order valence-corrected chi connectivity index (χ2v) is 8.63. The summed E-state index contributed by atoms with van der Waals surface area (Å²) in [7, 11) is 0. The van der Waals surface area contributed by atoms with Gasteiger partial charge >= 0.3 is 6.18 Å². The van der Waals surface area contributed by atoms with E-state index in [1.54, 1.807) is 41.4 Å². The van der Waals surface area contributed by atoms with Gasteiger partial charge in [-0.05, 0) is 55.3 Å². The summed E-state index contributed by atoms with van der Waals surface area (Å²) in [6, 6.07) is 10.3. The van der Waals surface area contributed by atoms with Gasteiger partial charge in [-0.2, -0.15) is 18.3 Å². The lowest BCUT2D eigenvalue weighted by Crippen LogP contribution is -2.44. The van der Waals surface area contributed by atoms with Gasteiger partial charge in [0, 0.05) is 43.2 Å². The van der Waals surface area contributed by atoms with Crippen LogP contribution in [0.25, 0.3) is 22.3 Å². The highest BCUT2D eigenvalue weighted by Gasteiger charge is 2.30. The highest BCUT2D eigenvalue weighted by Crippen LogP contribution is 2.35. The molecule has 1 saturated heterocycles. The average Bonchev–Trinajstić information content (AvgIpc) is 3.32. The fourth-order valence-electron chi connectivity index (χ4n) is 4.31. The average molecular weight is 509 g/mol. The highest BCUT2D eigenvalue weighted by molar-refractivity contribution is 5.93. The summed E-state index contributed by atoms with van der Waals surface area (Å²) in [5.41, 5.74) is 0.511. The number of ether oxygens (including phenoxy) is 1. The summed E-state index contributed by atoms with van der Waals surface area (Å²) < 4.78 is 45.3. The first-order valence-electron chi connectivity index (χ1n) is 11.6. The molecule has 0 radical (unpaired) electrons. The third kappa shape index (κ3) is 5.25. The predicted octanol–water partition coefficient (Wildman–Crippen LogP) is 5.42. The Morgan fingerprint density at radius 2 is 1.95 bits per heavy atom. The highest BCUT2D eigenvalue weighted by atomic mass is 19.4. The zero-order valence-corrected chi connectivity index (χ0v) is 19.6. The van der Waals surface area contributed by atoms with Crippen LogP contribution in [0.1, 0.15) is 18.4 Å². The molecule has 0 spiro atoms. The van der Waals surface area contributed by atoms with Crippen molar-refractivity contribution in [1.82, 2.24) is 25.1 Å². The summed E-state index contributed by atoms with van der Waals surface area (Å²) in [6.45, 7) is 4.78. The molecule has 0 saturated carbocycles. The molecule has 5 rings (SSSR count). The molecule has 1 aliphatic rings. The Bertz CT molecular complexity index is 1430. The number of rotatable bonds is 6. The van der Waals surface area contributed by atoms with E-state index < -0.39 is 11.7 Å². The van der Waals surface area contributed by atoms with E-state index >= 15 is 0 Å². The van der Waals surface area contributed by atoms with Crippen molar-refractivity contribution in [1.29, 1.82) is 0 Å². The first-order chi connectivity index (χ1) is 17.8. The Labute approximate surface area is 210 Å². The number of carbonyl (C=O) groups excluding carboxylic acids is 1. The van der Waals surface area contributed by atoms with Gasteiger partial charge in [0.15, 0.2) is 11.5 Å². The number of fused-ring (bicyclic) bond motifs is 1. The Hall–Kier alpha value is -4.41. The number of pyridine rings is 2. The number of aromatic amines is 1. The lowest BCUT2D eigenvalue weighted by Gasteiger charge is -2.32. The van der Waals surface area contributed by atoms with E-state index in [2.05, 4.69) is 32.1 Å². The van der Waals surface area contributed by atoms with Gasteiger partial charge in [0.25, 0.3) is 0 Å². The molecule has 1 fully saturated rings. The number of anilines is 1. The van der Waals surface area contributed by atoms with Crippen LogP contribution in [-0.4, -0.2) is 50.1 Å². The topological polar surface area (TPSA) is 96.0 Å². The van der Waals surface area contributed by atoms with Crippen LogP contribution in [0.2, 0.25) is 0 Å². The summed E-state index contributed by atoms with van der Waals surface area (Å²) in [5.74, 6) is 1.44. The molecule has 0 bridgehead atoms. The van der Waals surface area contributed by atoms with Crippen LogP contribution in [0.3, 0.4) is 0 Å². The maximum absolute atomic E-state index is 13.1. The van der Waals surface area contributed by atoms with Crippen molar-refractivity contribution in [3.05, 3.63) is 73.1 Å². The molecule has 1 atom stereocenters. The fourth-order valence-corrected chi connectivity index (χ4v) is 4.31.